The predicted molar refractivity (Wildman–Crippen MR) is 59.9 cm³/mol. The largest absolute Gasteiger partial charge is 0.433 e. The van der Waals surface area contributed by atoms with E-state index < -0.39 is 11.9 Å². The van der Waals surface area contributed by atoms with Gasteiger partial charge in [-0.25, -0.2) is 9.97 Å². The van der Waals surface area contributed by atoms with E-state index in [1.807, 2.05) is 11.4 Å². The minimum absolute atomic E-state index is 0.187. The fourth-order valence-electron chi connectivity index (χ4n) is 1.06. The number of thiophene rings is 1. The summed E-state index contributed by atoms with van der Waals surface area (Å²) in [7, 11) is 0. The normalized spacial score (nSPS) is 11.7. The zero-order valence-corrected chi connectivity index (χ0v) is 9.86. The Bertz CT molecular complexity index is 511. The molecule has 0 bridgehead atoms. The van der Waals surface area contributed by atoms with Crippen molar-refractivity contribution in [2.24, 2.45) is 0 Å². The number of nitrogens with zero attached hydrogens (tertiary/aromatic N) is 2. The number of rotatable bonds is 2. The molecule has 8 heteroatoms. The SMILES string of the molecule is Nc1nc(Sc2cccs2)cc(C(F)(F)F)n1. The number of aromatic nitrogens is 2. The second kappa shape index (κ2) is 4.53. The van der Waals surface area contributed by atoms with Gasteiger partial charge in [-0.3, -0.25) is 0 Å². The van der Waals surface area contributed by atoms with Crippen molar-refractivity contribution >= 4 is 29.0 Å². The molecule has 0 spiro atoms. The van der Waals surface area contributed by atoms with Crippen molar-refractivity contribution in [3.05, 3.63) is 29.3 Å². The molecular weight excluding hydrogens is 271 g/mol. The van der Waals surface area contributed by atoms with E-state index in [0.29, 0.717) is 0 Å². The Hall–Kier alpha value is -1.28. The maximum Gasteiger partial charge on any atom is 0.433 e. The molecular formula is C9H6F3N3S2. The molecule has 0 aliphatic rings. The van der Waals surface area contributed by atoms with Gasteiger partial charge in [-0.15, -0.1) is 11.3 Å². The molecule has 2 aromatic rings. The van der Waals surface area contributed by atoms with Crippen LogP contribution in [0, 0.1) is 0 Å². The Morgan fingerprint density at radius 1 is 1.29 bits per heavy atom. The van der Waals surface area contributed by atoms with Gasteiger partial charge in [-0.05, 0) is 11.4 Å². The highest BCUT2D eigenvalue weighted by Gasteiger charge is 2.33. The topological polar surface area (TPSA) is 51.8 Å². The highest BCUT2D eigenvalue weighted by Crippen LogP contribution is 2.34. The molecule has 2 N–H and O–H groups in total. The zero-order valence-electron chi connectivity index (χ0n) is 8.23. The summed E-state index contributed by atoms with van der Waals surface area (Å²) >= 11 is 2.54. The van der Waals surface area contributed by atoms with Gasteiger partial charge < -0.3 is 5.73 Å². The summed E-state index contributed by atoms with van der Waals surface area (Å²) in [5.74, 6) is -0.376. The first-order valence-electron chi connectivity index (χ1n) is 4.38. The third-order valence-corrected chi connectivity index (χ3v) is 3.67. The van der Waals surface area contributed by atoms with E-state index in [4.69, 9.17) is 5.73 Å². The molecule has 90 valence electrons. The third kappa shape index (κ3) is 3.10. The summed E-state index contributed by atoms with van der Waals surface area (Å²) < 4.78 is 38.3. The lowest BCUT2D eigenvalue weighted by molar-refractivity contribution is -0.141. The highest BCUT2D eigenvalue weighted by atomic mass is 32.2. The van der Waals surface area contributed by atoms with Crippen LogP contribution in [0.5, 0.6) is 0 Å². The number of halogens is 3. The van der Waals surface area contributed by atoms with Gasteiger partial charge in [0.2, 0.25) is 5.95 Å². The Labute approximate surface area is 103 Å². The summed E-state index contributed by atoms with van der Waals surface area (Å²) in [6.45, 7) is 0. The lowest BCUT2D eigenvalue weighted by atomic mass is 10.4. The molecule has 0 aliphatic heterocycles. The average molecular weight is 277 g/mol. The first-order valence-corrected chi connectivity index (χ1v) is 6.08. The third-order valence-electron chi connectivity index (χ3n) is 1.71. The molecule has 0 aliphatic carbocycles. The lowest BCUT2D eigenvalue weighted by Crippen LogP contribution is -2.11. The van der Waals surface area contributed by atoms with Crippen molar-refractivity contribution in [3.8, 4) is 0 Å². The van der Waals surface area contributed by atoms with Gasteiger partial charge in [0.25, 0.3) is 0 Å². The molecule has 0 saturated carbocycles. The highest BCUT2D eigenvalue weighted by molar-refractivity contribution is 8.01. The molecule has 2 heterocycles. The van der Waals surface area contributed by atoms with Crippen LogP contribution < -0.4 is 5.73 Å². The van der Waals surface area contributed by atoms with E-state index in [1.54, 1.807) is 6.07 Å². The van der Waals surface area contributed by atoms with Gasteiger partial charge in [0, 0.05) is 6.07 Å². The molecule has 0 fully saturated rings. The van der Waals surface area contributed by atoms with Crippen LogP contribution in [0.4, 0.5) is 19.1 Å². The quantitative estimate of drug-likeness (QED) is 0.856. The van der Waals surface area contributed by atoms with Crippen LogP contribution in [-0.2, 0) is 6.18 Å². The summed E-state index contributed by atoms with van der Waals surface area (Å²) in [6, 6.07) is 4.49. The van der Waals surface area contributed by atoms with E-state index in [9.17, 15) is 13.2 Å². The Morgan fingerprint density at radius 2 is 2.06 bits per heavy atom. The first-order chi connectivity index (χ1) is 7.95. The van der Waals surface area contributed by atoms with Gasteiger partial charge in [-0.1, -0.05) is 17.8 Å². The van der Waals surface area contributed by atoms with Crippen LogP contribution in [-0.4, -0.2) is 9.97 Å². The molecule has 0 atom stereocenters. The maximum atomic E-state index is 12.5. The van der Waals surface area contributed by atoms with Crippen LogP contribution in [0.15, 0.2) is 32.8 Å². The Balaban J connectivity index is 2.32. The van der Waals surface area contributed by atoms with Crippen molar-refractivity contribution in [1.82, 2.24) is 9.97 Å². The summed E-state index contributed by atoms with van der Waals surface area (Å²) in [4.78, 5) is 6.92. The minimum atomic E-state index is -4.51. The van der Waals surface area contributed by atoms with Crippen LogP contribution in [0.1, 0.15) is 5.69 Å². The number of hydrogen-bond donors (Lipinski definition) is 1. The van der Waals surface area contributed by atoms with Gasteiger partial charge in [0.15, 0.2) is 5.69 Å². The van der Waals surface area contributed by atoms with E-state index in [1.165, 1.54) is 11.3 Å². The molecule has 0 unspecified atom stereocenters. The summed E-state index contributed by atoms with van der Waals surface area (Å²) in [5, 5.41) is 2.02. The number of alkyl halides is 3. The van der Waals surface area contributed by atoms with Crippen molar-refractivity contribution in [3.63, 3.8) is 0 Å². The summed E-state index contributed by atoms with van der Waals surface area (Å²) in [5.41, 5.74) is 4.23. The van der Waals surface area contributed by atoms with Crippen molar-refractivity contribution < 1.29 is 13.2 Å². The fourth-order valence-corrected chi connectivity index (χ4v) is 2.79. The van der Waals surface area contributed by atoms with Gasteiger partial charge in [-0.2, -0.15) is 13.2 Å². The van der Waals surface area contributed by atoms with Crippen LogP contribution in [0.3, 0.4) is 0 Å². The smallest absolute Gasteiger partial charge is 0.368 e. The maximum absolute atomic E-state index is 12.5. The number of anilines is 1. The van der Waals surface area contributed by atoms with E-state index >= 15 is 0 Å². The molecule has 0 saturated heterocycles. The molecule has 2 rings (SSSR count). The van der Waals surface area contributed by atoms with Crippen molar-refractivity contribution in [2.45, 2.75) is 15.4 Å². The monoisotopic (exact) mass is 277 g/mol. The van der Waals surface area contributed by atoms with E-state index in [-0.39, 0.29) is 11.0 Å². The fraction of sp³-hybridized carbons (Fsp3) is 0.111. The standard InChI is InChI=1S/C9H6F3N3S2/c10-9(11,12)5-4-6(15-8(13)14-5)17-7-2-1-3-16-7/h1-4H,(H2,13,14,15). The predicted octanol–water partition coefficient (Wildman–Crippen LogP) is 3.29. The van der Waals surface area contributed by atoms with Crippen LogP contribution in [0.25, 0.3) is 0 Å². The zero-order chi connectivity index (χ0) is 12.5. The number of nitrogen functional groups attached to an aromatic ring is 1. The second-order valence-electron chi connectivity index (χ2n) is 2.98. The molecule has 0 aromatic carbocycles. The molecule has 3 nitrogen and oxygen atoms in total. The second-order valence-corrected chi connectivity index (χ2v) is 5.25. The Morgan fingerprint density at radius 3 is 2.65 bits per heavy atom. The van der Waals surface area contributed by atoms with Crippen molar-refractivity contribution in [2.75, 3.05) is 5.73 Å². The van der Waals surface area contributed by atoms with Crippen LogP contribution in [0.2, 0.25) is 0 Å². The molecule has 0 amide bonds. The first kappa shape index (κ1) is 12.2. The number of hydrogen-bond acceptors (Lipinski definition) is 5. The molecule has 17 heavy (non-hydrogen) atoms. The van der Waals surface area contributed by atoms with E-state index in [2.05, 4.69) is 9.97 Å². The van der Waals surface area contributed by atoms with Gasteiger partial charge in [0.05, 0.1) is 4.21 Å². The summed E-state index contributed by atoms with van der Waals surface area (Å²) in [6.07, 6.45) is -4.51. The van der Waals surface area contributed by atoms with Gasteiger partial charge in [0.1, 0.15) is 5.03 Å². The molecule has 0 radical (unpaired) electrons. The van der Waals surface area contributed by atoms with Gasteiger partial charge >= 0.3 is 6.18 Å². The van der Waals surface area contributed by atoms with Crippen molar-refractivity contribution in [1.29, 1.82) is 0 Å². The van der Waals surface area contributed by atoms with E-state index in [0.717, 1.165) is 22.0 Å². The number of nitrogens with two attached hydrogens (primary N) is 1. The average Bonchev–Trinajstić information content (AvgIpc) is 2.68. The molecule has 2 aromatic heterocycles. The van der Waals surface area contributed by atoms with Crippen LogP contribution >= 0.6 is 23.1 Å². The Kier molecular flexibility index (Phi) is 3.25. The lowest BCUT2D eigenvalue weighted by Gasteiger charge is -2.07. The minimum Gasteiger partial charge on any atom is -0.368 e.